The molecule has 0 amide bonds. The van der Waals surface area contributed by atoms with Gasteiger partial charge in [-0.1, -0.05) is 26.2 Å². The Balaban J connectivity index is 0.00000924. The number of carbonyl (C=O) groups is 2. The summed E-state index contributed by atoms with van der Waals surface area (Å²) in [6.07, 6.45) is 1.48. The number of phosphoric acid groups is 1. The molecule has 0 radical (unpaired) electrons. The lowest BCUT2D eigenvalue weighted by molar-refractivity contribution is -0.383. The summed E-state index contributed by atoms with van der Waals surface area (Å²) in [5.41, 5.74) is 0.537. The minimum absolute atomic E-state index is 0. The third-order valence-electron chi connectivity index (χ3n) is 5.73. The van der Waals surface area contributed by atoms with E-state index >= 15 is 0 Å². The van der Waals surface area contributed by atoms with Crippen LogP contribution in [0.25, 0.3) is 11.0 Å². The summed E-state index contributed by atoms with van der Waals surface area (Å²) in [5.74, 6) is -1.20. The molecule has 2 unspecified atom stereocenters. The number of phosphoric ester groups is 1. The van der Waals surface area contributed by atoms with Crippen molar-refractivity contribution < 1.29 is 57.3 Å². The number of aromatic nitrogens is 2. The van der Waals surface area contributed by atoms with Crippen LogP contribution < -0.4 is 16.4 Å². The number of non-ortho nitro benzene ring substituents is 1. The fraction of sp³-hybridized carbons (Fsp3) is 0.667. The van der Waals surface area contributed by atoms with Crippen molar-refractivity contribution in [1.82, 2.24) is 16.5 Å². The van der Waals surface area contributed by atoms with E-state index in [2.05, 4.69) is 24.8 Å². The molecular weight excluding hydrogens is 597 g/mol. The van der Waals surface area contributed by atoms with Crippen molar-refractivity contribution in [2.45, 2.75) is 70.5 Å². The van der Waals surface area contributed by atoms with Crippen LogP contribution in [-0.4, -0.2) is 82.6 Å². The lowest BCUT2D eigenvalue weighted by Gasteiger charge is -2.26. The van der Waals surface area contributed by atoms with Crippen molar-refractivity contribution >= 4 is 42.2 Å². The molecule has 2 aromatic rings. The highest BCUT2D eigenvalue weighted by Crippen LogP contribution is 2.38. The van der Waals surface area contributed by atoms with E-state index in [1.165, 1.54) is 12.1 Å². The number of benzene rings is 1. The number of aliphatic hydroxyl groups is 2. The molecule has 19 heteroatoms. The number of nitro groups is 1. The summed E-state index contributed by atoms with van der Waals surface area (Å²) in [4.78, 5) is 46.8. The van der Waals surface area contributed by atoms with E-state index in [4.69, 9.17) is 19.1 Å². The van der Waals surface area contributed by atoms with E-state index in [9.17, 15) is 34.3 Å². The monoisotopic (exact) mass is 637 g/mol. The number of hydrogen-bond acceptors (Lipinski definition) is 16. The zero-order chi connectivity index (χ0) is 31.0. The summed E-state index contributed by atoms with van der Waals surface area (Å²) in [5, 5.41) is 39.5. The molecule has 1 aromatic carbocycles. The van der Waals surface area contributed by atoms with Gasteiger partial charge in [0.2, 0.25) is 5.52 Å². The van der Waals surface area contributed by atoms with Gasteiger partial charge in [-0.15, -0.1) is 0 Å². The van der Waals surface area contributed by atoms with E-state index < -0.39 is 63.3 Å². The first-order valence-corrected chi connectivity index (χ1v) is 14.9. The van der Waals surface area contributed by atoms with Crippen molar-refractivity contribution in [3.8, 4) is 0 Å². The van der Waals surface area contributed by atoms with Crippen molar-refractivity contribution in [1.29, 1.82) is 0 Å². The molecule has 1 heterocycles. The fourth-order valence-electron chi connectivity index (χ4n) is 3.52. The third-order valence-corrected chi connectivity index (χ3v) is 6.66. The predicted molar refractivity (Wildman–Crippen MR) is 149 cm³/mol. The molecule has 0 aliphatic rings. The van der Waals surface area contributed by atoms with Crippen molar-refractivity contribution in [2.75, 3.05) is 38.3 Å². The largest absolute Gasteiger partial charge is 0.756 e. The molecule has 0 saturated carbocycles. The first-order chi connectivity index (χ1) is 20.1. The Labute approximate surface area is 247 Å². The molecule has 7 N–H and O–H groups in total. The first-order valence-electron chi connectivity index (χ1n) is 13.4. The average molecular weight is 638 g/mol. The average Bonchev–Trinajstić information content (AvgIpc) is 3.45. The van der Waals surface area contributed by atoms with Crippen LogP contribution in [0.1, 0.15) is 58.3 Å². The van der Waals surface area contributed by atoms with Gasteiger partial charge in [0.05, 0.1) is 30.4 Å². The highest BCUT2D eigenvalue weighted by molar-refractivity contribution is 7.45. The number of anilines is 1. The molecule has 0 bridgehead atoms. The summed E-state index contributed by atoms with van der Waals surface area (Å²) >= 11 is 0. The van der Waals surface area contributed by atoms with Crippen molar-refractivity contribution in [3.05, 3.63) is 22.2 Å². The van der Waals surface area contributed by atoms with E-state index in [0.717, 1.165) is 12.8 Å². The van der Waals surface area contributed by atoms with Crippen LogP contribution in [0.3, 0.4) is 0 Å². The Bertz CT molecular complexity index is 1200. The van der Waals surface area contributed by atoms with Crippen molar-refractivity contribution in [2.24, 2.45) is 0 Å². The molecule has 1 aromatic heterocycles. The normalized spacial score (nSPS) is 13.9. The molecule has 0 fully saturated rings. The lowest BCUT2D eigenvalue weighted by Crippen LogP contribution is -2.30. The first kappa shape index (κ1) is 37.8. The van der Waals surface area contributed by atoms with Gasteiger partial charge in [-0.3, -0.25) is 24.3 Å². The maximum Gasteiger partial charge on any atom is 0.306 e. The third kappa shape index (κ3) is 14.2. The van der Waals surface area contributed by atoms with Gasteiger partial charge in [0.15, 0.2) is 11.6 Å². The van der Waals surface area contributed by atoms with Crippen LogP contribution in [0, 0.1) is 10.1 Å². The zero-order valence-corrected chi connectivity index (χ0v) is 25.1. The minimum atomic E-state index is -4.91. The van der Waals surface area contributed by atoms with Gasteiger partial charge in [-0.25, -0.2) is 4.63 Å². The van der Waals surface area contributed by atoms with Crippen LogP contribution in [-0.2, 0) is 32.7 Å². The van der Waals surface area contributed by atoms with Gasteiger partial charge in [0, 0.05) is 25.5 Å². The molecule has 0 saturated heterocycles. The molecule has 0 aliphatic heterocycles. The number of hydrogen-bond donors (Lipinski definition) is 4. The van der Waals surface area contributed by atoms with Gasteiger partial charge in [-0.2, -0.15) is 0 Å². The second-order valence-electron chi connectivity index (χ2n) is 9.22. The maximum absolute atomic E-state index is 12.4. The molecule has 244 valence electrons. The van der Waals surface area contributed by atoms with E-state index in [0.29, 0.717) is 37.9 Å². The predicted octanol–water partition coefficient (Wildman–Crippen LogP) is 2.37. The van der Waals surface area contributed by atoms with Gasteiger partial charge >= 0.3 is 17.6 Å². The standard InChI is InChI=1S/C24H37N4O13P.H3N/c1-2-3-5-8-21(31)37-15-18(16-39-42(35,36)38-14-17(30)13-29)40-22(32)9-6-4-7-12-25-19-10-11-20(28(33)34)24-23(19)26-41-27-24;/h10-11,17-18,25,29-30H,2-9,12-16H2,1H3,(H,35,36);1H3/t17?,18-;/m1./s1. The number of carbonyl (C=O) groups excluding carboxylic acids is 2. The Kier molecular flexibility index (Phi) is 17.4. The minimum Gasteiger partial charge on any atom is -0.756 e. The number of nitrogens with one attached hydrogen (secondary N) is 1. The Morgan fingerprint density at radius 3 is 2.42 bits per heavy atom. The number of unbranched alkanes of at least 4 members (excludes halogenated alkanes) is 4. The van der Waals surface area contributed by atoms with Gasteiger partial charge in [0.1, 0.15) is 12.7 Å². The Morgan fingerprint density at radius 2 is 1.72 bits per heavy atom. The van der Waals surface area contributed by atoms with E-state index in [1.54, 1.807) is 0 Å². The molecule has 3 atom stereocenters. The summed E-state index contributed by atoms with van der Waals surface area (Å²) < 4.78 is 36.1. The second kappa shape index (κ2) is 19.8. The number of aliphatic hydroxyl groups excluding tert-OH is 2. The molecule has 0 spiro atoms. The molecule has 2 rings (SSSR count). The van der Waals surface area contributed by atoms with Crippen molar-refractivity contribution in [3.63, 3.8) is 0 Å². The lowest BCUT2D eigenvalue weighted by atomic mass is 10.2. The highest BCUT2D eigenvalue weighted by Gasteiger charge is 2.22. The number of fused-ring (bicyclic) bond motifs is 1. The second-order valence-corrected chi connectivity index (χ2v) is 10.6. The number of quaternary nitrogens is 1. The number of rotatable bonds is 22. The molecule has 0 aliphatic carbocycles. The van der Waals surface area contributed by atoms with Crippen LogP contribution in [0.2, 0.25) is 0 Å². The Morgan fingerprint density at radius 1 is 1.05 bits per heavy atom. The quantitative estimate of drug-likeness (QED) is 0.0473. The van der Waals surface area contributed by atoms with Crippen LogP contribution >= 0.6 is 7.82 Å². The maximum atomic E-state index is 12.4. The number of esters is 2. The van der Waals surface area contributed by atoms with E-state index in [1.807, 2.05) is 6.92 Å². The fourth-order valence-corrected chi connectivity index (χ4v) is 4.30. The highest BCUT2D eigenvalue weighted by atomic mass is 31.2. The topological polar surface area (TPSA) is 282 Å². The summed E-state index contributed by atoms with van der Waals surface area (Å²) in [6, 6.07) is 2.80. The van der Waals surface area contributed by atoms with Gasteiger partial charge in [-0.05, 0) is 35.6 Å². The summed E-state index contributed by atoms with van der Waals surface area (Å²) in [6.45, 7) is -0.125. The molecular formula is C24H40N5O13P. The smallest absolute Gasteiger partial charge is 0.306 e. The summed E-state index contributed by atoms with van der Waals surface area (Å²) in [7, 11) is -4.91. The number of ether oxygens (including phenoxy) is 2. The molecule has 18 nitrogen and oxygen atoms in total. The molecule has 43 heavy (non-hydrogen) atoms. The Hall–Kier alpha value is -3.25. The van der Waals surface area contributed by atoms with Crippen LogP contribution in [0.5, 0.6) is 0 Å². The number of nitro benzene ring substituents is 1. The van der Waals surface area contributed by atoms with Crippen LogP contribution in [0.15, 0.2) is 16.8 Å². The SMILES string of the molecule is CCCCCC(=O)OC[C@H](COP(=O)([O-])OCC(O)CO)OC(=O)CCCCCNc1ccc([N+](=O)[O-])c2nonc12.[NH4+]. The number of nitrogens with zero attached hydrogens (tertiary/aromatic N) is 3. The van der Waals surface area contributed by atoms with Gasteiger partial charge in [0.25, 0.3) is 7.82 Å². The van der Waals surface area contributed by atoms with E-state index in [-0.39, 0.29) is 35.7 Å². The van der Waals surface area contributed by atoms with Crippen LogP contribution in [0.4, 0.5) is 11.4 Å². The zero-order valence-electron chi connectivity index (χ0n) is 24.2. The van der Waals surface area contributed by atoms with Gasteiger partial charge < -0.3 is 45.1 Å².